The number of tetrazole rings is 1. The minimum Gasteiger partial charge on any atom is -0.336 e. The van der Waals surface area contributed by atoms with E-state index in [1.807, 2.05) is 41.1 Å². The zero-order valence-electron chi connectivity index (χ0n) is 20.9. The van der Waals surface area contributed by atoms with Crippen LogP contribution in [0.1, 0.15) is 28.1 Å². The van der Waals surface area contributed by atoms with Gasteiger partial charge in [0.15, 0.2) is 5.82 Å². The van der Waals surface area contributed by atoms with Crippen molar-refractivity contribution in [1.82, 2.24) is 25.5 Å². The summed E-state index contributed by atoms with van der Waals surface area (Å²) in [6, 6.07) is 39.2. The van der Waals surface area contributed by atoms with Crippen LogP contribution in [0.25, 0.3) is 0 Å². The number of rotatable bonds is 8. The number of para-hydroxylation sites is 1. The molecule has 0 aliphatic carbocycles. The largest absolute Gasteiger partial charge is 0.336 e. The smallest absolute Gasteiger partial charge is 0.322 e. The van der Waals surface area contributed by atoms with Crippen molar-refractivity contribution in [2.75, 3.05) is 18.0 Å². The number of nitrogens with zero attached hydrogens (tertiary/aromatic N) is 5. The van der Waals surface area contributed by atoms with Crippen molar-refractivity contribution in [1.29, 1.82) is 0 Å². The first-order valence-corrected chi connectivity index (χ1v) is 12.9. The average molecular weight is 501 g/mol. The third kappa shape index (κ3) is 4.12. The Hall–Kier alpha value is -4.78. The van der Waals surface area contributed by atoms with Crippen LogP contribution in [0.4, 0.5) is 10.5 Å². The lowest BCUT2D eigenvalue weighted by atomic mass is 9.77. The van der Waals surface area contributed by atoms with Crippen LogP contribution in [0.3, 0.4) is 0 Å². The number of carbonyl (C=O) groups is 1. The Bertz CT molecular complexity index is 1420. The number of hydrogen-bond acceptors (Lipinski definition) is 4. The van der Waals surface area contributed by atoms with Crippen LogP contribution in [-0.4, -0.2) is 39.3 Å². The highest BCUT2D eigenvalue weighted by molar-refractivity contribution is 5.94. The van der Waals surface area contributed by atoms with E-state index in [1.165, 1.54) is 0 Å². The molecule has 7 heteroatoms. The molecule has 1 N–H and O–H groups in total. The lowest BCUT2D eigenvalue weighted by molar-refractivity contribution is 0.252. The highest BCUT2D eigenvalue weighted by Crippen LogP contribution is 2.40. The number of anilines is 1. The molecule has 1 aliphatic rings. The molecule has 0 spiro atoms. The highest BCUT2D eigenvalue weighted by atomic mass is 16.2. The normalized spacial score (nSPS) is 13.5. The second-order valence-electron chi connectivity index (χ2n) is 9.33. The highest BCUT2D eigenvalue weighted by Gasteiger charge is 2.41. The molecule has 5 aromatic rings. The van der Waals surface area contributed by atoms with Gasteiger partial charge >= 0.3 is 6.03 Å². The Labute approximate surface area is 221 Å². The van der Waals surface area contributed by atoms with Crippen LogP contribution < -0.4 is 10.2 Å². The van der Waals surface area contributed by atoms with Gasteiger partial charge in [0.25, 0.3) is 0 Å². The number of aromatic nitrogens is 4. The molecule has 1 aliphatic heterocycles. The third-order valence-electron chi connectivity index (χ3n) is 7.18. The van der Waals surface area contributed by atoms with E-state index in [-0.39, 0.29) is 6.03 Å². The van der Waals surface area contributed by atoms with Crippen molar-refractivity contribution in [2.24, 2.45) is 0 Å². The van der Waals surface area contributed by atoms with Gasteiger partial charge in [-0.15, -0.1) is 5.10 Å². The SMILES string of the molecule is O=C1NCCN1c1ccccc1CCc1nnnn1C(c1ccccc1)(c1ccccc1)c1ccccc1. The number of carbonyl (C=O) groups excluding carboxylic acids is 1. The maximum atomic E-state index is 12.4. The van der Waals surface area contributed by atoms with Crippen LogP contribution in [0.5, 0.6) is 0 Å². The molecule has 6 rings (SSSR count). The molecule has 0 radical (unpaired) electrons. The van der Waals surface area contributed by atoms with Gasteiger partial charge in [0, 0.05) is 25.2 Å². The van der Waals surface area contributed by atoms with Gasteiger partial charge in [-0.2, -0.15) is 0 Å². The number of hydrogen-bond donors (Lipinski definition) is 1. The quantitative estimate of drug-likeness (QED) is 0.310. The number of amides is 2. The number of urea groups is 1. The molecule has 1 aromatic heterocycles. The van der Waals surface area contributed by atoms with Gasteiger partial charge in [-0.25, -0.2) is 9.48 Å². The monoisotopic (exact) mass is 500 g/mol. The first-order chi connectivity index (χ1) is 18.8. The molecular formula is C31H28N6O. The Morgan fingerprint density at radius 3 is 1.82 bits per heavy atom. The fourth-order valence-corrected chi connectivity index (χ4v) is 5.46. The second-order valence-corrected chi connectivity index (χ2v) is 9.33. The Balaban J connectivity index is 1.47. The molecular weight excluding hydrogens is 472 g/mol. The summed E-state index contributed by atoms with van der Waals surface area (Å²) in [4.78, 5) is 14.2. The minimum absolute atomic E-state index is 0.0569. The molecule has 188 valence electrons. The van der Waals surface area contributed by atoms with Crippen LogP contribution in [0.2, 0.25) is 0 Å². The van der Waals surface area contributed by atoms with Gasteiger partial charge in [0.2, 0.25) is 0 Å². The van der Waals surface area contributed by atoms with Gasteiger partial charge in [-0.05, 0) is 45.2 Å². The summed E-state index contributed by atoms with van der Waals surface area (Å²) >= 11 is 0. The van der Waals surface area contributed by atoms with Crippen LogP contribution in [0, 0.1) is 0 Å². The summed E-state index contributed by atoms with van der Waals surface area (Å²) in [6.07, 6.45) is 1.29. The van der Waals surface area contributed by atoms with Crippen molar-refractivity contribution < 1.29 is 4.79 Å². The first-order valence-electron chi connectivity index (χ1n) is 12.9. The van der Waals surface area contributed by atoms with E-state index in [1.54, 1.807) is 4.90 Å². The van der Waals surface area contributed by atoms with E-state index in [2.05, 4.69) is 99.7 Å². The molecule has 4 aromatic carbocycles. The topological polar surface area (TPSA) is 75.9 Å². The summed E-state index contributed by atoms with van der Waals surface area (Å²) < 4.78 is 1.97. The molecule has 7 nitrogen and oxygen atoms in total. The molecule has 0 saturated carbocycles. The zero-order chi connectivity index (χ0) is 25.8. The van der Waals surface area contributed by atoms with Crippen LogP contribution in [0.15, 0.2) is 115 Å². The lowest BCUT2D eigenvalue weighted by Gasteiger charge is -2.36. The molecule has 2 heterocycles. The van der Waals surface area contributed by atoms with Crippen molar-refractivity contribution >= 4 is 11.7 Å². The summed E-state index contributed by atoms with van der Waals surface area (Å²) in [5.41, 5.74) is 4.46. The maximum absolute atomic E-state index is 12.4. The van der Waals surface area contributed by atoms with Crippen molar-refractivity contribution in [3.63, 3.8) is 0 Å². The number of nitrogens with one attached hydrogen (secondary N) is 1. The predicted octanol–water partition coefficient (Wildman–Crippen LogP) is 4.83. The number of benzene rings is 4. The maximum Gasteiger partial charge on any atom is 0.322 e. The van der Waals surface area contributed by atoms with Gasteiger partial charge in [0.05, 0.1) is 0 Å². The summed E-state index contributed by atoms with van der Waals surface area (Å²) in [7, 11) is 0. The second kappa shape index (κ2) is 10.3. The van der Waals surface area contributed by atoms with E-state index < -0.39 is 5.54 Å². The third-order valence-corrected chi connectivity index (χ3v) is 7.18. The van der Waals surface area contributed by atoms with Gasteiger partial charge < -0.3 is 5.32 Å². The molecule has 1 saturated heterocycles. The van der Waals surface area contributed by atoms with Crippen LogP contribution in [-0.2, 0) is 18.4 Å². The van der Waals surface area contributed by atoms with Gasteiger partial charge in [-0.3, -0.25) is 4.90 Å². The fraction of sp³-hybridized carbons (Fsp3) is 0.161. The summed E-state index contributed by atoms with van der Waals surface area (Å²) in [6.45, 7) is 1.31. The number of aryl methyl sites for hydroxylation is 2. The standard InChI is InChI=1S/C31H28N6O/c38-30-32-22-23-36(30)28-19-11-10-12-24(28)20-21-29-33-34-35-37(29)31(25-13-4-1-5-14-25,26-15-6-2-7-16-26)27-17-8-3-9-18-27/h1-19H,20-23H2,(H,32,38). The van der Waals surface area contributed by atoms with E-state index in [9.17, 15) is 4.79 Å². The van der Waals surface area contributed by atoms with Crippen molar-refractivity contribution in [2.45, 2.75) is 18.4 Å². The molecule has 0 atom stereocenters. The Kier molecular flexibility index (Phi) is 6.40. The van der Waals surface area contributed by atoms with Crippen LogP contribution >= 0.6 is 0 Å². The zero-order valence-corrected chi connectivity index (χ0v) is 20.9. The Morgan fingerprint density at radius 1 is 0.711 bits per heavy atom. The van der Waals surface area contributed by atoms with Gasteiger partial charge in [0.1, 0.15) is 5.54 Å². The first kappa shape index (κ1) is 23.6. The van der Waals surface area contributed by atoms with E-state index >= 15 is 0 Å². The Morgan fingerprint density at radius 2 is 1.26 bits per heavy atom. The van der Waals surface area contributed by atoms with Crippen molar-refractivity contribution in [3.05, 3.63) is 143 Å². The molecule has 0 bridgehead atoms. The van der Waals surface area contributed by atoms with E-state index in [4.69, 9.17) is 0 Å². The summed E-state index contributed by atoms with van der Waals surface area (Å²) in [5.74, 6) is 0.766. The summed E-state index contributed by atoms with van der Waals surface area (Å²) in [5, 5.41) is 16.2. The van der Waals surface area contributed by atoms with E-state index in [0.29, 0.717) is 25.9 Å². The molecule has 0 unspecified atom stereocenters. The molecule has 38 heavy (non-hydrogen) atoms. The lowest BCUT2D eigenvalue weighted by Crippen LogP contribution is -2.40. The van der Waals surface area contributed by atoms with Gasteiger partial charge in [-0.1, -0.05) is 109 Å². The molecule has 2 amide bonds. The minimum atomic E-state index is -0.767. The fourth-order valence-electron chi connectivity index (χ4n) is 5.46. The average Bonchev–Trinajstić information content (AvgIpc) is 3.63. The van der Waals surface area contributed by atoms with Crippen molar-refractivity contribution in [3.8, 4) is 0 Å². The predicted molar refractivity (Wildman–Crippen MR) is 147 cm³/mol. The molecule has 1 fully saturated rings. The van der Waals surface area contributed by atoms with E-state index in [0.717, 1.165) is 33.8 Å².